The first-order chi connectivity index (χ1) is 11.3. The van der Waals surface area contributed by atoms with Crippen LogP contribution in [0.2, 0.25) is 0 Å². The Morgan fingerprint density at radius 3 is 2.78 bits per heavy atom. The number of carbonyl (C=O) groups excluding carboxylic acids is 1. The molecule has 1 N–H and O–H groups in total. The van der Waals surface area contributed by atoms with Crippen LogP contribution in [0.15, 0.2) is 30.3 Å². The molecule has 0 aliphatic carbocycles. The van der Waals surface area contributed by atoms with Crippen molar-refractivity contribution in [3.8, 4) is 11.3 Å². The van der Waals surface area contributed by atoms with Gasteiger partial charge in [0.25, 0.3) is 0 Å². The van der Waals surface area contributed by atoms with Gasteiger partial charge in [0.15, 0.2) is 0 Å². The average molecular weight is 311 g/mol. The molecule has 0 bridgehead atoms. The van der Waals surface area contributed by atoms with Crippen LogP contribution in [0.4, 0.5) is 0 Å². The highest BCUT2D eigenvalue weighted by atomic mass is 16.5. The lowest BCUT2D eigenvalue weighted by molar-refractivity contribution is -0.133. The number of amides is 1. The standard InChI is InChI=1S/C18H21N3O2/c22-17-10-15-16(12-21(17)11-13-6-8-23-9-7-13)19-20-18(15)14-4-2-1-3-5-14/h1-5,13H,6-12H2,(H,19,20). The van der Waals surface area contributed by atoms with Crippen molar-refractivity contribution in [1.82, 2.24) is 15.1 Å². The summed E-state index contributed by atoms with van der Waals surface area (Å²) in [6.45, 7) is 3.12. The second kappa shape index (κ2) is 6.16. The van der Waals surface area contributed by atoms with Crippen molar-refractivity contribution in [3.05, 3.63) is 41.6 Å². The molecule has 3 heterocycles. The van der Waals surface area contributed by atoms with E-state index in [0.717, 1.165) is 55.1 Å². The van der Waals surface area contributed by atoms with Crippen molar-refractivity contribution in [3.63, 3.8) is 0 Å². The molecule has 0 radical (unpaired) electrons. The van der Waals surface area contributed by atoms with E-state index in [1.54, 1.807) is 0 Å². The summed E-state index contributed by atoms with van der Waals surface area (Å²) < 4.78 is 5.40. The van der Waals surface area contributed by atoms with Gasteiger partial charge in [0, 0.05) is 30.9 Å². The van der Waals surface area contributed by atoms with Crippen LogP contribution in [0.3, 0.4) is 0 Å². The number of hydrogen-bond acceptors (Lipinski definition) is 3. The first kappa shape index (κ1) is 14.5. The summed E-state index contributed by atoms with van der Waals surface area (Å²) in [5, 5.41) is 7.60. The first-order valence-corrected chi connectivity index (χ1v) is 8.28. The summed E-state index contributed by atoms with van der Waals surface area (Å²) in [7, 11) is 0. The molecule has 0 unspecified atom stereocenters. The first-order valence-electron chi connectivity index (χ1n) is 8.28. The van der Waals surface area contributed by atoms with E-state index in [0.29, 0.717) is 18.9 Å². The zero-order valence-corrected chi connectivity index (χ0v) is 13.1. The fourth-order valence-electron chi connectivity index (χ4n) is 3.51. The van der Waals surface area contributed by atoms with Gasteiger partial charge in [0.05, 0.1) is 24.4 Å². The fourth-order valence-corrected chi connectivity index (χ4v) is 3.51. The molecule has 4 rings (SSSR count). The molecule has 1 aromatic heterocycles. The summed E-state index contributed by atoms with van der Waals surface area (Å²) in [5.41, 5.74) is 4.12. The van der Waals surface area contributed by atoms with Gasteiger partial charge >= 0.3 is 0 Å². The van der Waals surface area contributed by atoms with Crippen LogP contribution in [0, 0.1) is 5.92 Å². The van der Waals surface area contributed by atoms with Crippen molar-refractivity contribution in [2.75, 3.05) is 19.8 Å². The van der Waals surface area contributed by atoms with Gasteiger partial charge in [-0.2, -0.15) is 5.10 Å². The van der Waals surface area contributed by atoms with Crippen molar-refractivity contribution < 1.29 is 9.53 Å². The van der Waals surface area contributed by atoms with Gasteiger partial charge in [-0.15, -0.1) is 0 Å². The number of carbonyl (C=O) groups is 1. The molecule has 120 valence electrons. The third-order valence-electron chi connectivity index (χ3n) is 4.85. The summed E-state index contributed by atoms with van der Waals surface area (Å²) in [6.07, 6.45) is 2.54. The zero-order valence-electron chi connectivity index (χ0n) is 13.1. The third-order valence-corrected chi connectivity index (χ3v) is 4.85. The lowest BCUT2D eigenvalue weighted by Gasteiger charge is -2.32. The van der Waals surface area contributed by atoms with E-state index in [9.17, 15) is 4.79 Å². The Hall–Kier alpha value is -2.14. The number of nitrogens with zero attached hydrogens (tertiary/aromatic N) is 2. The van der Waals surface area contributed by atoms with Gasteiger partial charge in [-0.1, -0.05) is 30.3 Å². The number of nitrogens with one attached hydrogen (secondary N) is 1. The predicted molar refractivity (Wildman–Crippen MR) is 86.7 cm³/mol. The van der Waals surface area contributed by atoms with Crippen LogP contribution in [0.1, 0.15) is 24.1 Å². The van der Waals surface area contributed by atoms with Gasteiger partial charge in [0.1, 0.15) is 0 Å². The minimum absolute atomic E-state index is 0.211. The number of aromatic nitrogens is 2. The molecule has 23 heavy (non-hydrogen) atoms. The molecule has 0 saturated carbocycles. The number of hydrogen-bond donors (Lipinski definition) is 1. The second-order valence-corrected chi connectivity index (χ2v) is 6.40. The molecular weight excluding hydrogens is 290 g/mol. The predicted octanol–water partition coefficient (Wildman–Crippen LogP) is 2.39. The molecule has 5 nitrogen and oxygen atoms in total. The third kappa shape index (κ3) is 2.88. The SMILES string of the molecule is O=C1Cc2c(-c3ccccc3)n[nH]c2CN1CC1CCOCC1. The average Bonchev–Trinajstić information content (AvgIpc) is 2.99. The maximum absolute atomic E-state index is 12.6. The molecule has 5 heteroatoms. The maximum atomic E-state index is 12.6. The van der Waals surface area contributed by atoms with E-state index in [4.69, 9.17) is 4.74 Å². The number of ether oxygens (including phenoxy) is 1. The van der Waals surface area contributed by atoms with E-state index < -0.39 is 0 Å². The van der Waals surface area contributed by atoms with Crippen molar-refractivity contribution in [1.29, 1.82) is 0 Å². The highest BCUT2D eigenvalue weighted by Crippen LogP contribution is 2.29. The summed E-state index contributed by atoms with van der Waals surface area (Å²) in [4.78, 5) is 14.5. The zero-order chi connectivity index (χ0) is 15.6. The number of aromatic amines is 1. The van der Waals surface area contributed by atoms with E-state index in [1.165, 1.54) is 0 Å². The minimum Gasteiger partial charge on any atom is -0.381 e. The Morgan fingerprint density at radius 1 is 1.22 bits per heavy atom. The van der Waals surface area contributed by atoms with Crippen LogP contribution in [-0.2, 0) is 22.5 Å². The highest BCUT2D eigenvalue weighted by molar-refractivity contribution is 5.83. The van der Waals surface area contributed by atoms with Gasteiger partial charge in [-0.25, -0.2) is 0 Å². The Bertz CT molecular complexity index is 690. The molecule has 0 spiro atoms. The van der Waals surface area contributed by atoms with E-state index in [-0.39, 0.29) is 5.91 Å². The largest absolute Gasteiger partial charge is 0.381 e. The topological polar surface area (TPSA) is 58.2 Å². The number of rotatable bonds is 3. The summed E-state index contributed by atoms with van der Waals surface area (Å²) in [6, 6.07) is 10.1. The normalized spacial score (nSPS) is 19.0. The lowest BCUT2D eigenvalue weighted by Crippen LogP contribution is -2.40. The lowest BCUT2D eigenvalue weighted by atomic mass is 9.96. The van der Waals surface area contributed by atoms with E-state index in [2.05, 4.69) is 10.2 Å². The van der Waals surface area contributed by atoms with Crippen LogP contribution < -0.4 is 0 Å². The Morgan fingerprint density at radius 2 is 2.00 bits per heavy atom. The van der Waals surface area contributed by atoms with Gasteiger partial charge in [0.2, 0.25) is 5.91 Å². The molecule has 1 aromatic carbocycles. The second-order valence-electron chi connectivity index (χ2n) is 6.40. The number of fused-ring (bicyclic) bond motifs is 1. The Balaban J connectivity index is 1.53. The molecule has 1 fully saturated rings. The molecule has 2 aliphatic heterocycles. The van der Waals surface area contributed by atoms with Crippen molar-refractivity contribution in [2.24, 2.45) is 5.92 Å². The highest BCUT2D eigenvalue weighted by Gasteiger charge is 2.29. The van der Waals surface area contributed by atoms with Crippen molar-refractivity contribution in [2.45, 2.75) is 25.8 Å². The fraction of sp³-hybridized carbons (Fsp3) is 0.444. The monoisotopic (exact) mass is 311 g/mol. The number of benzene rings is 1. The van der Waals surface area contributed by atoms with Crippen LogP contribution >= 0.6 is 0 Å². The molecule has 1 saturated heterocycles. The van der Waals surface area contributed by atoms with Crippen molar-refractivity contribution >= 4 is 5.91 Å². The quantitative estimate of drug-likeness (QED) is 0.947. The minimum atomic E-state index is 0.211. The van der Waals surface area contributed by atoms with Gasteiger partial charge in [-0.05, 0) is 18.8 Å². The van der Waals surface area contributed by atoms with E-state index >= 15 is 0 Å². The molecule has 2 aliphatic rings. The summed E-state index contributed by atoms with van der Waals surface area (Å²) >= 11 is 0. The Labute approximate surface area is 135 Å². The van der Waals surface area contributed by atoms with Crippen LogP contribution in [-0.4, -0.2) is 40.8 Å². The van der Waals surface area contributed by atoms with Crippen LogP contribution in [0.25, 0.3) is 11.3 Å². The number of H-pyrrole nitrogens is 1. The molecule has 1 amide bonds. The summed E-state index contributed by atoms with van der Waals surface area (Å²) in [5.74, 6) is 0.772. The molecular formula is C18H21N3O2. The van der Waals surface area contributed by atoms with Gasteiger partial charge < -0.3 is 9.64 Å². The maximum Gasteiger partial charge on any atom is 0.227 e. The Kier molecular flexibility index (Phi) is 3.87. The molecule has 2 aromatic rings. The van der Waals surface area contributed by atoms with Gasteiger partial charge in [-0.3, -0.25) is 9.89 Å². The molecule has 0 atom stereocenters. The smallest absolute Gasteiger partial charge is 0.227 e. The van der Waals surface area contributed by atoms with E-state index in [1.807, 2.05) is 35.2 Å². The van der Waals surface area contributed by atoms with Crippen LogP contribution in [0.5, 0.6) is 0 Å².